The van der Waals surface area contributed by atoms with E-state index in [1.165, 1.54) is 14.2 Å². The molecule has 146 valence electrons. The molecule has 2 aromatic carbocycles. The second kappa shape index (κ2) is 8.06. The summed E-state index contributed by atoms with van der Waals surface area (Å²) in [6, 6.07) is 21.0. The molecule has 0 aliphatic carbocycles. The van der Waals surface area contributed by atoms with Crippen molar-refractivity contribution in [2.24, 2.45) is 0 Å². The number of carbonyl (C=O) groups is 1. The van der Waals surface area contributed by atoms with Gasteiger partial charge in [-0.2, -0.15) is 0 Å². The van der Waals surface area contributed by atoms with E-state index in [-0.39, 0.29) is 5.91 Å². The Morgan fingerprint density at radius 3 is 2.31 bits per heavy atom. The Bertz CT molecular complexity index is 1130. The molecule has 2 heterocycles. The van der Waals surface area contributed by atoms with Crippen LogP contribution in [0, 0.1) is 0 Å². The molecule has 6 nitrogen and oxygen atoms in total. The Morgan fingerprint density at radius 1 is 0.931 bits per heavy atom. The minimum atomic E-state index is -0.320. The lowest BCUT2D eigenvalue weighted by molar-refractivity contribution is 0.102. The van der Waals surface area contributed by atoms with Crippen molar-refractivity contribution in [3.63, 3.8) is 0 Å². The van der Waals surface area contributed by atoms with E-state index in [4.69, 9.17) is 14.5 Å². The Morgan fingerprint density at radius 2 is 1.62 bits per heavy atom. The summed E-state index contributed by atoms with van der Waals surface area (Å²) in [4.78, 5) is 17.9. The Hall–Kier alpha value is -3.80. The van der Waals surface area contributed by atoms with Gasteiger partial charge in [0, 0.05) is 12.6 Å². The predicted octanol–water partition coefficient (Wildman–Crippen LogP) is 4.19. The molecule has 29 heavy (non-hydrogen) atoms. The van der Waals surface area contributed by atoms with E-state index in [9.17, 15) is 4.79 Å². The highest BCUT2D eigenvalue weighted by atomic mass is 16.5. The Kier molecular flexibility index (Phi) is 5.16. The number of anilines is 1. The van der Waals surface area contributed by atoms with Crippen molar-refractivity contribution in [2.45, 2.75) is 6.42 Å². The fourth-order valence-corrected chi connectivity index (χ4v) is 3.33. The Balaban J connectivity index is 1.76. The number of rotatable bonds is 6. The number of amides is 1. The van der Waals surface area contributed by atoms with Gasteiger partial charge in [-0.25, -0.2) is 4.98 Å². The first kappa shape index (κ1) is 18.6. The highest BCUT2D eigenvalue weighted by Crippen LogP contribution is 2.30. The van der Waals surface area contributed by atoms with Crippen LogP contribution in [0.25, 0.3) is 5.65 Å². The third-order valence-electron chi connectivity index (χ3n) is 4.70. The van der Waals surface area contributed by atoms with E-state index in [0.717, 1.165) is 16.9 Å². The number of hydrogen-bond acceptors (Lipinski definition) is 4. The number of methoxy groups -OCH3 is 2. The number of hydrogen-bond donors (Lipinski definition) is 1. The van der Waals surface area contributed by atoms with Crippen molar-refractivity contribution in [3.8, 4) is 11.5 Å². The molecule has 0 saturated heterocycles. The molecular weight excluding hydrogens is 366 g/mol. The van der Waals surface area contributed by atoms with Crippen LogP contribution in [0.3, 0.4) is 0 Å². The van der Waals surface area contributed by atoms with Crippen LogP contribution < -0.4 is 14.8 Å². The number of fused-ring (bicyclic) bond motifs is 1. The fourth-order valence-electron chi connectivity index (χ4n) is 3.33. The number of imidazole rings is 1. The smallest absolute Gasteiger partial charge is 0.264 e. The normalized spacial score (nSPS) is 10.7. The fraction of sp³-hybridized carbons (Fsp3) is 0.130. The molecule has 0 fully saturated rings. The second-order valence-corrected chi connectivity index (χ2v) is 6.49. The molecule has 4 aromatic rings. The van der Waals surface area contributed by atoms with Crippen LogP contribution in [0.15, 0.2) is 72.9 Å². The van der Waals surface area contributed by atoms with Crippen LogP contribution in [0.2, 0.25) is 0 Å². The van der Waals surface area contributed by atoms with Crippen molar-refractivity contribution in [1.82, 2.24) is 9.38 Å². The van der Waals surface area contributed by atoms with Gasteiger partial charge >= 0.3 is 0 Å². The quantitative estimate of drug-likeness (QED) is 0.539. The number of aromatic nitrogens is 2. The molecule has 0 radical (unpaired) electrons. The van der Waals surface area contributed by atoms with Gasteiger partial charge in [-0.1, -0.05) is 42.5 Å². The number of carbonyl (C=O) groups excluding carboxylic acids is 1. The summed E-state index contributed by atoms with van der Waals surface area (Å²) in [5.41, 5.74) is 3.00. The first-order valence-electron chi connectivity index (χ1n) is 9.23. The van der Waals surface area contributed by atoms with Gasteiger partial charge in [0.05, 0.1) is 19.9 Å². The molecule has 0 atom stereocenters. The van der Waals surface area contributed by atoms with Crippen LogP contribution in [-0.2, 0) is 6.42 Å². The lowest BCUT2D eigenvalue weighted by Crippen LogP contribution is -2.17. The van der Waals surface area contributed by atoms with E-state index >= 15 is 0 Å². The zero-order valence-electron chi connectivity index (χ0n) is 16.3. The van der Waals surface area contributed by atoms with Gasteiger partial charge in [0.15, 0.2) is 0 Å². The van der Waals surface area contributed by atoms with Crippen LogP contribution in [0.5, 0.6) is 11.5 Å². The summed E-state index contributed by atoms with van der Waals surface area (Å²) in [6.45, 7) is 0. The largest absolute Gasteiger partial charge is 0.496 e. The number of ether oxygens (including phenoxy) is 2. The minimum absolute atomic E-state index is 0.320. The maximum atomic E-state index is 13.2. The molecule has 0 aliphatic heterocycles. The van der Waals surface area contributed by atoms with Gasteiger partial charge in [0.25, 0.3) is 5.91 Å². The summed E-state index contributed by atoms with van der Waals surface area (Å²) in [5.74, 6) is 1.20. The van der Waals surface area contributed by atoms with Crippen molar-refractivity contribution in [2.75, 3.05) is 19.5 Å². The lowest BCUT2D eigenvalue weighted by atomic mass is 10.1. The third kappa shape index (κ3) is 3.65. The SMILES string of the molecule is COc1cccc(OC)c1C(=O)Nc1c(Cc2ccccc2)nc2ccccn12. The number of nitrogens with one attached hydrogen (secondary N) is 1. The average Bonchev–Trinajstić information content (AvgIpc) is 3.10. The molecule has 0 bridgehead atoms. The molecule has 0 saturated carbocycles. The van der Waals surface area contributed by atoms with Gasteiger partial charge in [-0.3, -0.25) is 9.20 Å². The summed E-state index contributed by atoms with van der Waals surface area (Å²) in [7, 11) is 3.06. The van der Waals surface area contributed by atoms with Crippen molar-refractivity contribution >= 4 is 17.4 Å². The van der Waals surface area contributed by atoms with E-state index in [0.29, 0.717) is 29.3 Å². The molecule has 0 unspecified atom stereocenters. The topological polar surface area (TPSA) is 64.9 Å². The standard InChI is InChI=1S/C23H21N3O3/c1-28-18-11-8-12-19(29-2)21(18)23(27)25-22-17(15-16-9-4-3-5-10-16)24-20-13-6-7-14-26(20)22/h3-14H,15H2,1-2H3,(H,25,27). The van der Waals surface area contributed by atoms with Crippen molar-refractivity contribution in [3.05, 3.63) is 89.7 Å². The van der Waals surface area contributed by atoms with Crippen LogP contribution in [-0.4, -0.2) is 29.5 Å². The third-order valence-corrected chi connectivity index (χ3v) is 4.70. The monoisotopic (exact) mass is 387 g/mol. The van der Waals surface area contributed by atoms with Gasteiger partial charge in [0.2, 0.25) is 0 Å². The molecule has 0 aliphatic rings. The van der Waals surface area contributed by atoms with Crippen LogP contribution in [0.4, 0.5) is 5.82 Å². The van der Waals surface area contributed by atoms with E-state index in [2.05, 4.69) is 5.32 Å². The average molecular weight is 387 g/mol. The van der Waals surface area contributed by atoms with E-state index < -0.39 is 0 Å². The predicted molar refractivity (Wildman–Crippen MR) is 112 cm³/mol. The Labute approximate surface area is 168 Å². The van der Waals surface area contributed by atoms with Crippen molar-refractivity contribution < 1.29 is 14.3 Å². The summed E-state index contributed by atoms with van der Waals surface area (Å²) < 4.78 is 12.6. The van der Waals surface area contributed by atoms with Crippen LogP contribution in [0.1, 0.15) is 21.6 Å². The van der Waals surface area contributed by atoms with Gasteiger partial charge in [0.1, 0.15) is 28.5 Å². The number of benzene rings is 2. The van der Waals surface area contributed by atoms with Crippen LogP contribution >= 0.6 is 0 Å². The number of pyridine rings is 1. The summed E-state index contributed by atoms with van der Waals surface area (Å²) in [6.07, 6.45) is 2.48. The molecule has 1 amide bonds. The molecule has 1 N–H and O–H groups in total. The van der Waals surface area contributed by atoms with Crippen molar-refractivity contribution in [1.29, 1.82) is 0 Å². The maximum absolute atomic E-state index is 13.2. The van der Waals surface area contributed by atoms with Gasteiger partial charge < -0.3 is 14.8 Å². The molecule has 0 spiro atoms. The molecule has 2 aromatic heterocycles. The van der Waals surface area contributed by atoms with Gasteiger partial charge in [-0.05, 0) is 29.8 Å². The zero-order valence-corrected chi connectivity index (χ0v) is 16.3. The second-order valence-electron chi connectivity index (χ2n) is 6.49. The molecular formula is C23H21N3O3. The summed E-state index contributed by atoms with van der Waals surface area (Å²) >= 11 is 0. The first-order chi connectivity index (χ1) is 14.2. The van der Waals surface area contributed by atoms with E-state index in [1.54, 1.807) is 18.2 Å². The minimum Gasteiger partial charge on any atom is -0.496 e. The number of nitrogens with zero attached hydrogens (tertiary/aromatic N) is 2. The highest BCUT2D eigenvalue weighted by molar-refractivity contribution is 6.08. The molecule has 4 rings (SSSR count). The summed E-state index contributed by atoms with van der Waals surface area (Å²) in [5, 5.41) is 3.02. The first-order valence-corrected chi connectivity index (χ1v) is 9.23. The van der Waals surface area contributed by atoms with Gasteiger partial charge in [-0.15, -0.1) is 0 Å². The lowest BCUT2D eigenvalue weighted by Gasteiger charge is -2.13. The molecule has 6 heteroatoms. The van der Waals surface area contributed by atoms with E-state index in [1.807, 2.05) is 59.1 Å². The maximum Gasteiger partial charge on any atom is 0.264 e. The highest BCUT2D eigenvalue weighted by Gasteiger charge is 2.21. The zero-order chi connectivity index (χ0) is 20.2.